The number of alkyl halides is 6. The summed E-state index contributed by atoms with van der Waals surface area (Å²) >= 11 is 5.92. The van der Waals surface area contributed by atoms with Gasteiger partial charge in [0.05, 0.1) is 58.1 Å². The highest BCUT2D eigenvalue weighted by atomic mass is 35.5. The Balaban J connectivity index is 0.000000167. The maximum atomic E-state index is 12.8. The molecule has 0 unspecified atom stereocenters. The van der Waals surface area contributed by atoms with Crippen LogP contribution in [-0.4, -0.2) is 73.3 Å². The number of nitrogens with zero attached hydrogens (tertiary/aromatic N) is 10. The van der Waals surface area contributed by atoms with Crippen LogP contribution in [0.3, 0.4) is 0 Å². The largest absolute Gasteiger partial charge is 0.451 e. The number of aromatic nitrogens is 8. The molecular weight excluding hydrogens is 822 g/mol. The molecule has 0 saturated heterocycles. The van der Waals surface area contributed by atoms with Gasteiger partial charge in [-0.25, -0.2) is 39.9 Å². The van der Waals surface area contributed by atoms with E-state index in [1.807, 2.05) is 0 Å². The summed E-state index contributed by atoms with van der Waals surface area (Å²) in [7, 11) is 0. The van der Waals surface area contributed by atoms with Gasteiger partial charge in [0.15, 0.2) is 0 Å². The van der Waals surface area contributed by atoms with Crippen molar-refractivity contribution in [3.8, 4) is 22.5 Å². The molecule has 0 atom stereocenters. The summed E-state index contributed by atoms with van der Waals surface area (Å²) in [6.45, 7) is -0.244. The van der Waals surface area contributed by atoms with Gasteiger partial charge in [-0.3, -0.25) is 29.0 Å². The van der Waals surface area contributed by atoms with E-state index in [1.165, 1.54) is 6.07 Å². The minimum absolute atomic E-state index is 0.0664. The molecule has 0 bridgehead atoms. The lowest BCUT2D eigenvalue weighted by molar-refractivity contribution is -0.145. The summed E-state index contributed by atoms with van der Waals surface area (Å²) in [6, 6.07) is 15.9. The fourth-order valence-electron chi connectivity index (χ4n) is 6.27. The fourth-order valence-corrected chi connectivity index (χ4v) is 6.47. The van der Waals surface area contributed by atoms with E-state index in [9.17, 15) is 45.5 Å². The first kappa shape index (κ1) is 39.7. The van der Waals surface area contributed by atoms with Crippen molar-refractivity contribution in [2.45, 2.75) is 44.2 Å². The molecule has 2 aromatic carbocycles. The van der Waals surface area contributed by atoms with Gasteiger partial charge in [0, 0.05) is 41.8 Å². The fraction of sp³-hybridized carbons (Fsp3) is 0.179. The summed E-state index contributed by atoms with van der Waals surface area (Å²) in [5.41, 5.74) is 2.86. The maximum absolute atomic E-state index is 12.8. The van der Waals surface area contributed by atoms with Crippen LogP contribution in [-0.2, 0) is 25.4 Å². The van der Waals surface area contributed by atoms with Crippen LogP contribution < -0.4 is 0 Å². The predicted molar refractivity (Wildman–Crippen MR) is 194 cm³/mol. The zero-order chi connectivity index (χ0) is 42.5. The molecule has 6 heterocycles. The number of halogens is 7. The van der Waals surface area contributed by atoms with E-state index in [1.54, 1.807) is 54.6 Å². The Morgan fingerprint density at radius 2 is 0.917 bits per heavy atom. The van der Waals surface area contributed by atoms with Gasteiger partial charge in [0.25, 0.3) is 23.6 Å². The van der Waals surface area contributed by atoms with Crippen LogP contribution in [0, 0.1) is 0 Å². The van der Waals surface area contributed by atoms with E-state index in [2.05, 4.69) is 39.9 Å². The Morgan fingerprint density at radius 1 is 0.550 bits per heavy atom. The Kier molecular flexibility index (Phi) is 10.1. The van der Waals surface area contributed by atoms with Crippen molar-refractivity contribution < 1.29 is 45.5 Å². The van der Waals surface area contributed by atoms with Gasteiger partial charge in [-0.05, 0) is 60.8 Å². The first-order chi connectivity index (χ1) is 28.5. The molecule has 3 aliphatic rings. The number of hydrogen-bond acceptors (Lipinski definition) is 12. The number of carbonyl (C=O) groups excluding carboxylic acids is 4. The van der Waals surface area contributed by atoms with Crippen LogP contribution >= 0.6 is 11.6 Å². The smallest absolute Gasteiger partial charge is 0.269 e. The minimum Gasteiger partial charge on any atom is -0.269 e. The predicted octanol–water partition coefficient (Wildman–Crippen LogP) is 7.03. The van der Waals surface area contributed by atoms with E-state index < -0.39 is 47.6 Å². The average Bonchev–Trinajstić information content (AvgIpc) is 4.03. The Labute approximate surface area is 338 Å². The molecule has 60 heavy (non-hydrogen) atoms. The molecular formula is C39H23ClF6N10O4. The first-order valence-corrected chi connectivity index (χ1v) is 18.0. The highest BCUT2D eigenvalue weighted by Crippen LogP contribution is 2.39. The Hall–Kier alpha value is -7.09. The molecule has 0 radical (unpaired) electrons. The van der Waals surface area contributed by atoms with E-state index in [4.69, 9.17) is 11.6 Å². The van der Waals surface area contributed by atoms with Gasteiger partial charge in [-0.15, -0.1) is 0 Å². The molecule has 0 N–H and O–H groups in total. The SMILES string of the molecule is O=C1c2ccccc2C(=O)N1Cc1cc(-c2cnc(C(F)(F)F)nc2)nc(C2CC2)n1.O=C1c2ccccc2C(=O)N1Cc1cc(-c2cnc(C(F)(F)F)nc2)nc(Cl)n1. The summed E-state index contributed by atoms with van der Waals surface area (Å²) < 4.78 is 76.1. The molecule has 21 heteroatoms. The maximum Gasteiger partial charge on any atom is 0.451 e. The van der Waals surface area contributed by atoms with Crippen LogP contribution in [0.1, 0.15) is 89.1 Å². The Bertz CT molecular complexity index is 2640. The van der Waals surface area contributed by atoms with Gasteiger partial charge in [-0.1, -0.05) is 24.3 Å². The molecule has 1 fully saturated rings. The van der Waals surface area contributed by atoms with Crippen molar-refractivity contribution in [3.63, 3.8) is 0 Å². The van der Waals surface area contributed by atoms with Crippen molar-refractivity contribution in [1.29, 1.82) is 0 Å². The standard InChI is InChI=1S/C21H14F3N5O2.C18H9ClF3N5O2/c22-21(23,24)20-25-8-12(9-26-20)16-7-13(27-17(28-16)11-5-6-11)10-29-18(30)14-3-1-2-4-15(14)19(29)31;19-17-25-10(8-27-14(28)11-3-1-2-4-12(11)15(27)29)5-13(26-17)9-6-23-16(24-7-9)18(20,21)22/h1-4,7-9,11H,5-6,10H2;1-7H,8H2. The lowest BCUT2D eigenvalue weighted by Crippen LogP contribution is -2.29. The highest BCUT2D eigenvalue weighted by Gasteiger charge is 2.38. The molecule has 14 nitrogen and oxygen atoms in total. The number of fused-ring (bicyclic) bond motifs is 2. The molecule has 0 spiro atoms. The normalized spacial score (nSPS) is 14.9. The van der Waals surface area contributed by atoms with Crippen LogP contribution in [0.4, 0.5) is 26.3 Å². The molecule has 9 rings (SSSR count). The van der Waals surface area contributed by atoms with Crippen molar-refractivity contribution in [3.05, 3.63) is 142 Å². The third-order valence-electron chi connectivity index (χ3n) is 9.29. The van der Waals surface area contributed by atoms with E-state index in [0.29, 0.717) is 33.9 Å². The van der Waals surface area contributed by atoms with E-state index in [0.717, 1.165) is 47.4 Å². The van der Waals surface area contributed by atoms with Gasteiger partial charge in [0.2, 0.25) is 16.9 Å². The van der Waals surface area contributed by atoms with Gasteiger partial charge >= 0.3 is 12.4 Å². The van der Waals surface area contributed by atoms with Crippen LogP contribution in [0.2, 0.25) is 5.28 Å². The van der Waals surface area contributed by atoms with Gasteiger partial charge in [-0.2, -0.15) is 26.3 Å². The molecule has 1 aliphatic carbocycles. The van der Waals surface area contributed by atoms with Crippen molar-refractivity contribution >= 4 is 35.2 Å². The first-order valence-electron chi connectivity index (χ1n) is 17.7. The lowest BCUT2D eigenvalue weighted by atomic mass is 10.1. The third kappa shape index (κ3) is 8.00. The summed E-state index contributed by atoms with van der Waals surface area (Å²) in [6.07, 6.45) is -3.47. The minimum atomic E-state index is -4.67. The van der Waals surface area contributed by atoms with Crippen LogP contribution in [0.15, 0.2) is 85.5 Å². The van der Waals surface area contributed by atoms with E-state index in [-0.39, 0.29) is 52.4 Å². The zero-order valence-corrected chi connectivity index (χ0v) is 31.0. The summed E-state index contributed by atoms with van der Waals surface area (Å²) in [5, 5.41) is -0.200. The van der Waals surface area contributed by atoms with Crippen molar-refractivity contribution in [1.82, 2.24) is 49.7 Å². The topological polar surface area (TPSA) is 178 Å². The number of rotatable bonds is 7. The number of hydrogen-bond donors (Lipinski definition) is 0. The van der Waals surface area contributed by atoms with Crippen LogP contribution in [0.25, 0.3) is 22.5 Å². The van der Waals surface area contributed by atoms with Crippen molar-refractivity contribution in [2.24, 2.45) is 0 Å². The second-order valence-electron chi connectivity index (χ2n) is 13.5. The Morgan fingerprint density at radius 3 is 1.28 bits per heavy atom. The number of imide groups is 2. The zero-order valence-electron chi connectivity index (χ0n) is 30.2. The van der Waals surface area contributed by atoms with E-state index >= 15 is 0 Å². The second kappa shape index (κ2) is 15.3. The van der Waals surface area contributed by atoms with Gasteiger partial charge in [0.1, 0.15) is 5.82 Å². The summed E-state index contributed by atoms with van der Waals surface area (Å²) in [4.78, 5) is 82.6. The summed E-state index contributed by atoms with van der Waals surface area (Å²) in [5.74, 6) is -3.61. The highest BCUT2D eigenvalue weighted by molar-refractivity contribution is 6.28. The lowest BCUT2D eigenvalue weighted by Gasteiger charge is -2.15. The molecule has 2 aliphatic heterocycles. The quantitative estimate of drug-likeness (QED) is 0.0912. The molecule has 4 amide bonds. The number of carbonyl (C=O) groups is 4. The molecule has 1 saturated carbocycles. The van der Waals surface area contributed by atoms with Crippen LogP contribution in [0.5, 0.6) is 0 Å². The van der Waals surface area contributed by atoms with Gasteiger partial charge < -0.3 is 0 Å². The third-order valence-corrected chi connectivity index (χ3v) is 9.46. The second-order valence-corrected chi connectivity index (χ2v) is 13.8. The molecule has 302 valence electrons. The number of amides is 4. The average molecular weight is 845 g/mol. The number of benzene rings is 2. The monoisotopic (exact) mass is 844 g/mol. The molecule has 4 aromatic heterocycles. The van der Waals surface area contributed by atoms with Crippen molar-refractivity contribution in [2.75, 3.05) is 0 Å². The molecule has 6 aromatic rings.